The molecule has 0 aliphatic heterocycles. The number of nitriles is 1. The Labute approximate surface area is 70.2 Å². The summed E-state index contributed by atoms with van der Waals surface area (Å²) in [6.07, 6.45) is 1.49. The van der Waals surface area contributed by atoms with Gasteiger partial charge >= 0.3 is 0 Å². The predicted molar refractivity (Wildman–Crippen MR) is 41.0 cm³/mol. The molecule has 0 atom stereocenters. The molecule has 0 aromatic carbocycles. The number of nitrogens with two attached hydrogens (primary N) is 1. The Morgan fingerprint density at radius 1 is 1.73 bits per heavy atom. The van der Waals surface area contributed by atoms with Crippen LogP contribution >= 0.6 is 12.4 Å². The van der Waals surface area contributed by atoms with Crippen LogP contribution in [-0.2, 0) is 6.54 Å². The van der Waals surface area contributed by atoms with Gasteiger partial charge < -0.3 is 5.73 Å². The second-order valence-electron chi connectivity index (χ2n) is 1.73. The topological polar surface area (TPSA) is 80.5 Å². The average molecular weight is 174 g/mol. The van der Waals surface area contributed by atoms with Crippen molar-refractivity contribution in [1.82, 2.24) is 14.8 Å². The normalized spacial score (nSPS) is 8.36. The van der Waals surface area contributed by atoms with Crippen LogP contribution in [0.3, 0.4) is 0 Å². The number of rotatable bonds is 2. The lowest BCUT2D eigenvalue weighted by Gasteiger charge is -1.91. The SMILES string of the molecule is Cl.N#Cc1ncn(CCN)n1. The molecule has 0 aliphatic carbocycles. The molecule has 0 saturated heterocycles. The van der Waals surface area contributed by atoms with E-state index in [9.17, 15) is 0 Å². The smallest absolute Gasteiger partial charge is 0.252 e. The first-order valence-corrected chi connectivity index (χ1v) is 2.86. The fourth-order valence-electron chi connectivity index (χ4n) is 0.586. The van der Waals surface area contributed by atoms with Gasteiger partial charge in [0.25, 0.3) is 5.82 Å². The Morgan fingerprint density at radius 3 is 2.91 bits per heavy atom. The van der Waals surface area contributed by atoms with Crippen LogP contribution in [0, 0.1) is 11.3 Å². The highest BCUT2D eigenvalue weighted by Gasteiger charge is 1.95. The van der Waals surface area contributed by atoms with Gasteiger partial charge in [0.2, 0.25) is 0 Å². The second-order valence-corrected chi connectivity index (χ2v) is 1.73. The zero-order chi connectivity index (χ0) is 7.40. The van der Waals surface area contributed by atoms with Crippen molar-refractivity contribution >= 4 is 12.4 Å². The predicted octanol–water partition coefficient (Wildman–Crippen LogP) is -0.470. The molecule has 0 bridgehead atoms. The summed E-state index contributed by atoms with van der Waals surface area (Å²) < 4.78 is 1.54. The van der Waals surface area contributed by atoms with Crippen molar-refractivity contribution in [2.45, 2.75) is 6.54 Å². The third kappa shape index (κ3) is 2.53. The molecule has 0 saturated carbocycles. The first-order valence-electron chi connectivity index (χ1n) is 2.86. The summed E-state index contributed by atoms with van der Waals surface area (Å²) in [6.45, 7) is 1.11. The van der Waals surface area contributed by atoms with Crippen LogP contribution in [0.25, 0.3) is 0 Å². The number of halogens is 1. The van der Waals surface area contributed by atoms with E-state index in [-0.39, 0.29) is 18.2 Å². The van der Waals surface area contributed by atoms with Crippen molar-refractivity contribution in [1.29, 1.82) is 5.26 Å². The maximum absolute atomic E-state index is 8.30. The molecule has 1 aromatic heterocycles. The largest absolute Gasteiger partial charge is 0.329 e. The van der Waals surface area contributed by atoms with Crippen molar-refractivity contribution < 1.29 is 0 Å². The molecule has 11 heavy (non-hydrogen) atoms. The lowest BCUT2D eigenvalue weighted by molar-refractivity contribution is 0.621. The minimum Gasteiger partial charge on any atom is -0.329 e. The molecular weight excluding hydrogens is 166 g/mol. The summed E-state index contributed by atoms with van der Waals surface area (Å²) in [5.74, 6) is 0.188. The molecule has 0 unspecified atom stereocenters. The van der Waals surface area contributed by atoms with E-state index in [0.717, 1.165) is 0 Å². The molecule has 5 nitrogen and oxygen atoms in total. The van der Waals surface area contributed by atoms with Gasteiger partial charge in [-0.3, -0.25) is 4.68 Å². The highest BCUT2D eigenvalue weighted by molar-refractivity contribution is 5.85. The molecule has 1 aromatic rings. The molecule has 6 heteroatoms. The van der Waals surface area contributed by atoms with Crippen molar-refractivity contribution in [3.8, 4) is 6.07 Å². The van der Waals surface area contributed by atoms with Crippen molar-refractivity contribution in [3.63, 3.8) is 0 Å². The van der Waals surface area contributed by atoms with E-state index in [1.54, 1.807) is 4.68 Å². The fraction of sp³-hybridized carbons (Fsp3) is 0.400. The highest BCUT2D eigenvalue weighted by atomic mass is 35.5. The van der Waals surface area contributed by atoms with Gasteiger partial charge in [0.1, 0.15) is 12.4 Å². The molecular formula is C5H8ClN5. The molecule has 0 radical (unpaired) electrons. The second kappa shape index (κ2) is 4.66. The van der Waals surface area contributed by atoms with Crippen LogP contribution < -0.4 is 5.73 Å². The number of hydrogen-bond acceptors (Lipinski definition) is 4. The van der Waals surface area contributed by atoms with E-state index in [1.165, 1.54) is 6.33 Å². The molecule has 0 spiro atoms. The Hall–Kier alpha value is -1.12. The zero-order valence-corrected chi connectivity index (χ0v) is 6.58. The molecule has 0 aliphatic rings. The highest BCUT2D eigenvalue weighted by Crippen LogP contribution is 1.84. The standard InChI is InChI=1S/C5H7N5.ClH/c6-1-2-10-4-8-5(3-7)9-10;/h4H,1-2,6H2;1H. The molecule has 0 amide bonds. The van der Waals surface area contributed by atoms with Gasteiger partial charge in [-0.2, -0.15) is 5.26 Å². The van der Waals surface area contributed by atoms with Gasteiger partial charge in [-0.05, 0) is 0 Å². The van der Waals surface area contributed by atoms with Crippen molar-refractivity contribution in [2.75, 3.05) is 6.54 Å². The summed E-state index contributed by atoms with van der Waals surface area (Å²) in [4.78, 5) is 3.69. The lowest BCUT2D eigenvalue weighted by atomic mass is 10.7. The summed E-state index contributed by atoms with van der Waals surface area (Å²) in [5, 5.41) is 12.1. The summed E-state index contributed by atoms with van der Waals surface area (Å²) in [5.41, 5.74) is 5.24. The molecule has 60 valence electrons. The van der Waals surface area contributed by atoms with Crippen LogP contribution in [0.5, 0.6) is 0 Å². The van der Waals surface area contributed by atoms with Gasteiger partial charge in [0.05, 0.1) is 6.54 Å². The maximum Gasteiger partial charge on any atom is 0.252 e. The van der Waals surface area contributed by atoms with Gasteiger partial charge in [0, 0.05) is 6.54 Å². The molecule has 1 heterocycles. The van der Waals surface area contributed by atoms with Gasteiger partial charge in [-0.15, -0.1) is 17.5 Å². The number of aromatic nitrogens is 3. The van der Waals surface area contributed by atoms with Crippen molar-refractivity contribution in [3.05, 3.63) is 12.2 Å². The van der Waals surface area contributed by atoms with Crippen molar-refractivity contribution in [2.24, 2.45) is 5.73 Å². The maximum atomic E-state index is 8.30. The third-order valence-corrected chi connectivity index (χ3v) is 0.995. The fourth-order valence-corrected chi connectivity index (χ4v) is 0.586. The average Bonchev–Trinajstić information content (AvgIpc) is 2.37. The van der Waals surface area contributed by atoms with E-state index < -0.39 is 0 Å². The number of hydrogen-bond donors (Lipinski definition) is 1. The van der Waals surface area contributed by atoms with E-state index in [1.807, 2.05) is 6.07 Å². The van der Waals surface area contributed by atoms with Crippen LogP contribution in [0.2, 0.25) is 0 Å². The van der Waals surface area contributed by atoms with Crippen LogP contribution in [0.4, 0.5) is 0 Å². The van der Waals surface area contributed by atoms with E-state index in [0.29, 0.717) is 13.1 Å². The van der Waals surface area contributed by atoms with E-state index in [2.05, 4.69) is 10.1 Å². The zero-order valence-electron chi connectivity index (χ0n) is 5.77. The Kier molecular flexibility index (Phi) is 4.18. The summed E-state index contributed by atoms with van der Waals surface area (Å²) in [7, 11) is 0. The van der Waals surface area contributed by atoms with Gasteiger partial charge in [-0.25, -0.2) is 4.98 Å². The Bertz CT molecular complexity index is 250. The quantitative estimate of drug-likeness (QED) is 0.656. The minimum absolute atomic E-state index is 0. The van der Waals surface area contributed by atoms with Gasteiger partial charge in [-0.1, -0.05) is 0 Å². The Morgan fingerprint density at radius 2 is 2.45 bits per heavy atom. The van der Waals surface area contributed by atoms with Gasteiger partial charge in [0.15, 0.2) is 0 Å². The molecule has 2 N–H and O–H groups in total. The third-order valence-electron chi connectivity index (χ3n) is 0.995. The summed E-state index contributed by atoms with van der Waals surface area (Å²) in [6, 6.07) is 1.82. The summed E-state index contributed by atoms with van der Waals surface area (Å²) >= 11 is 0. The Balaban J connectivity index is 0.000001000. The molecule has 1 rings (SSSR count). The first-order chi connectivity index (χ1) is 4.86. The first kappa shape index (κ1) is 9.88. The van der Waals surface area contributed by atoms with E-state index in [4.69, 9.17) is 11.0 Å². The van der Waals surface area contributed by atoms with Crippen LogP contribution in [0.1, 0.15) is 5.82 Å². The molecule has 0 fully saturated rings. The monoisotopic (exact) mass is 173 g/mol. The van der Waals surface area contributed by atoms with Crippen LogP contribution in [0.15, 0.2) is 6.33 Å². The number of nitrogens with zero attached hydrogens (tertiary/aromatic N) is 4. The minimum atomic E-state index is 0. The van der Waals surface area contributed by atoms with Crippen LogP contribution in [-0.4, -0.2) is 21.3 Å². The van der Waals surface area contributed by atoms with E-state index >= 15 is 0 Å². The lowest BCUT2D eigenvalue weighted by Crippen LogP contribution is -2.10.